The summed E-state index contributed by atoms with van der Waals surface area (Å²) in [5.41, 5.74) is 0.180. The summed E-state index contributed by atoms with van der Waals surface area (Å²) in [6.45, 7) is -0.589. The molecule has 0 radical (unpaired) electrons. The van der Waals surface area contributed by atoms with Gasteiger partial charge >= 0.3 is 5.97 Å². The quantitative estimate of drug-likeness (QED) is 0.503. The largest absolute Gasteiger partial charge is 0.497 e. The Bertz CT molecular complexity index is 502. The van der Waals surface area contributed by atoms with Crippen LogP contribution in [0.15, 0.2) is 24.3 Å². The highest BCUT2D eigenvalue weighted by atomic mass is 16.7. The summed E-state index contributed by atoms with van der Waals surface area (Å²) < 4.78 is 14.9. The van der Waals surface area contributed by atoms with Gasteiger partial charge in [0.15, 0.2) is 12.4 Å². The van der Waals surface area contributed by atoms with E-state index in [1.807, 2.05) is 0 Å². The molecule has 4 N–H and O–H groups in total. The summed E-state index contributed by atoms with van der Waals surface area (Å²) in [6, 6.07) is 6.02. The van der Waals surface area contributed by atoms with Gasteiger partial charge in [-0.25, -0.2) is 4.79 Å². The molecule has 5 atom stereocenters. The molecule has 0 unspecified atom stereocenters. The van der Waals surface area contributed by atoms with Crippen molar-refractivity contribution >= 4 is 5.97 Å². The second-order valence-electron chi connectivity index (χ2n) is 4.83. The Kier molecular flexibility index (Phi) is 5.33. The first kappa shape index (κ1) is 16.7. The van der Waals surface area contributed by atoms with Crippen molar-refractivity contribution in [2.75, 3.05) is 13.7 Å². The van der Waals surface area contributed by atoms with Gasteiger partial charge in [0.05, 0.1) is 19.3 Å². The van der Waals surface area contributed by atoms with Crippen molar-refractivity contribution < 1.29 is 39.4 Å². The summed E-state index contributed by atoms with van der Waals surface area (Å²) in [7, 11) is 1.48. The van der Waals surface area contributed by atoms with Crippen LogP contribution in [-0.2, 0) is 9.47 Å². The van der Waals surface area contributed by atoms with Gasteiger partial charge in [0, 0.05) is 0 Å². The van der Waals surface area contributed by atoms with Gasteiger partial charge in [0.2, 0.25) is 0 Å². The lowest BCUT2D eigenvalue weighted by Crippen LogP contribution is -2.59. The number of benzene rings is 1. The Morgan fingerprint density at radius 3 is 2.36 bits per heavy atom. The molecule has 1 aliphatic heterocycles. The Morgan fingerprint density at radius 1 is 1.18 bits per heavy atom. The van der Waals surface area contributed by atoms with Gasteiger partial charge in [0.1, 0.15) is 24.1 Å². The number of methoxy groups -OCH3 is 1. The van der Waals surface area contributed by atoms with Crippen LogP contribution in [0.25, 0.3) is 0 Å². The van der Waals surface area contributed by atoms with Crippen LogP contribution in [0.1, 0.15) is 10.4 Å². The highest BCUT2D eigenvalue weighted by Crippen LogP contribution is 2.23. The van der Waals surface area contributed by atoms with E-state index in [1.165, 1.54) is 19.2 Å². The third kappa shape index (κ3) is 3.37. The normalized spacial score (nSPS) is 31.6. The lowest BCUT2D eigenvalue weighted by Gasteiger charge is -2.39. The van der Waals surface area contributed by atoms with Crippen LogP contribution in [0.3, 0.4) is 0 Å². The maximum Gasteiger partial charge on any atom is 0.338 e. The molecule has 0 aliphatic carbocycles. The molecule has 0 amide bonds. The Balaban J connectivity index is 2.06. The molecule has 122 valence electrons. The number of aliphatic hydroxyl groups excluding tert-OH is 4. The molecule has 22 heavy (non-hydrogen) atoms. The van der Waals surface area contributed by atoms with Gasteiger partial charge in [0.25, 0.3) is 0 Å². The first-order valence-electron chi connectivity index (χ1n) is 6.63. The maximum absolute atomic E-state index is 12.0. The van der Waals surface area contributed by atoms with Gasteiger partial charge in [-0.2, -0.15) is 0 Å². The van der Waals surface area contributed by atoms with E-state index in [2.05, 4.69) is 0 Å². The smallest absolute Gasteiger partial charge is 0.338 e. The third-order valence-corrected chi connectivity index (χ3v) is 3.41. The zero-order valence-electron chi connectivity index (χ0n) is 11.8. The predicted octanol–water partition coefficient (Wildman–Crippen LogP) is -1.35. The van der Waals surface area contributed by atoms with E-state index in [-0.39, 0.29) is 5.56 Å². The Labute approximate surface area is 126 Å². The Hall–Kier alpha value is -1.71. The number of carbonyl (C=O) groups is 1. The number of esters is 1. The number of carbonyl (C=O) groups excluding carboxylic acids is 1. The van der Waals surface area contributed by atoms with Crippen molar-refractivity contribution in [1.29, 1.82) is 0 Å². The van der Waals surface area contributed by atoms with Gasteiger partial charge in [-0.1, -0.05) is 0 Å². The van der Waals surface area contributed by atoms with Crippen LogP contribution in [0.4, 0.5) is 0 Å². The highest BCUT2D eigenvalue weighted by Gasteiger charge is 2.45. The molecule has 1 heterocycles. The standard InChI is InChI=1S/C14H18O8/c1-20-8-4-2-7(3-5-8)13(18)22-12-11(17)10(16)9(6-15)21-14(12)19/h2-5,9-12,14-17,19H,6H2,1H3/t9-,10-,11+,12+,14+/m1/s1. The van der Waals surface area contributed by atoms with Crippen LogP contribution in [0.2, 0.25) is 0 Å². The van der Waals surface area contributed by atoms with Crippen molar-refractivity contribution in [2.45, 2.75) is 30.7 Å². The summed E-state index contributed by atoms with van der Waals surface area (Å²) >= 11 is 0. The lowest BCUT2D eigenvalue weighted by atomic mass is 9.99. The molecule has 8 heteroatoms. The molecular weight excluding hydrogens is 296 g/mol. The number of hydrogen-bond acceptors (Lipinski definition) is 8. The van der Waals surface area contributed by atoms with Crippen LogP contribution in [0, 0.1) is 0 Å². The fourth-order valence-electron chi connectivity index (χ4n) is 2.12. The molecule has 2 rings (SSSR count). The molecule has 0 spiro atoms. The first-order valence-corrected chi connectivity index (χ1v) is 6.63. The van der Waals surface area contributed by atoms with Crippen molar-refractivity contribution in [3.05, 3.63) is 29.8 Å². The van der Waals surface area contributed by atoms with Crippen LogP contribution < -0.4 is 4.74 Å². The molecule has 1 fully saturated rings. The first-order chi connectivity index (χ1) is 10.5. The van der Waals surface area contributed by atoms with Gasteiger partial charge in [-0.3, -0.25) is 0 Å². The Morgan fingerprint density at radius 2 is 1.82 bits per heavy atom. The fraction of sp³-hybridized carbons (Fsp3) is 0.500. The molecule has 1 aromatic carbocycles. The van der Waals surface area contributed by atoms with Crippen molar-refractivity contribution in [2.24, 2.45) is 0 Å². The van der Waals surface area contributed by atoms with Crippen molar-refractivity contribution in [1.82, 2.24) is 0 Å². The van der Waals surface area contributed by atoms with E-state index in [0.29, 0.717) is 5.75 Å². The number of hydrogen-bond donors (Lipinski definition) is 4. The lowest BCUT2D eigenvalue weighted by molar-refractivity contribution is -0.285. The second kappa shape index (κ2) is 7.03. The molecule has 0 saturated carbocycles. The van der Waals surface area contributed by atoms with Crippen LogP contribution in [-0.4, -0.2) is 70.8 Å². The summed E-state index contributed by atoms with van der Waals surface area (Å²) in [5.74, 6) is -0.247. The SMILES string of the molecule is COc1ccc(C(=O)O[C@H]2[C@@H](O)[C@H](O)[C@@H](CO)O[C@@H]2O)cc1. The highest BCUT2D eigenvalue weighted by molar-refractivity contribution is 5.89. The zero-order valence-corrected chi connectivity index (χ0v) is 11.8. The molecule has 1 saturated heterocycles. The minimum atomic E-state index is -1.65. The number of aliphatic hydroxyl groups is 4. The minimum absolute atomic E-state index is 0.180. The van der Waals surface area contributed by atoms with Crippen molar-refractivity contribution in [3.8, 4) is 5.75 Å². The third-order valence-electron chi connectivity index (χ3n) is 3.41. The van der Waals surface area contributed by atoms with Crippen molar-refractivity contribution in [3.63, 3.8) is 0 Å². The second-order valence-corrected chi connectivity index (χ2v) is 4.83. The van der Waals surface area contributed by atoms with Crippen LogP contribution >= 0.6 is 0 Å². The molecule has 0 aromatic heterocycles. The predicted molar refractivity (Wildman–Crippen MR) is 72.2 cm³/mol. The molecule has 0 bridgehead atoms. The number of ether oxygens (including phenoxy) is 3. The van der Waals surface area contributed by atoms with Gasteiger partial charge in [-0.05, 0) is 24.3 Å². The summed E-state index contributed by atoms with van der Waals surface area (Å²) in [4.78, 5) is 12.0. The van der Waals surface area contributed by atoms with E-state index in [9.17, 15) is 20.1 Å². The molecule has 1 aliphatic rings. The van der Waals surface area contributed by atoms with E-state index in [4.69, 9.17) is 19.3 Å². The van der Waals surface area contributed by atoms with E-state index in [0.717, 1.165) is 0 Å². The zero-order chi connectivity index (χ0) is 16.3. The molecule has 8 nitrogen and oxygen atoms in total. The minimum Gasteiger partial charge on any atom is -0.497 e. The maximum atomic E-state index is 12.0. The van der Waals surface area contributed by atoms with E-state index < -0.39 is 43.3 Å². The summed E-state index contributed by atoms with van der Waals surface area (Å²) in [6.07, 6.45) is -7.34. The van der Waals surface area contributed by atoms with Gasteiger partial charge in [-0.15, -0.1) is 0 Å². The van der Waals surface area contributed by atoms with Gasteiger partial charge < -0.3 is 34.6 Å². The monoisotopic (exact) mass is 314 g/mol. The number of rotatable bonds is 4. The average Bonchev–Trinajstić information content (AvgIpc) is 2.54. The topological polar surface area (TPSA) is 126 Å². The summed E-state index contributed by atoms with van der Waals surface area (Å²) in [5, 5.41) is 38.3. The molecule has 1 aromatic rings. The average molecular weight is 314 g/mol. The molecular formula is C14H18O8. The van der Waals surface area contributed by atoms with Crippen LogP contribution in [0.5, 0.6) is 5.75 Å². The fourth-order valence-corrected chi connectivity index (χ4v) is 2.12. The van der Waals surface area contributed by atoms with E-state index >= 15 is 0 Å². The van der Waals surface area contributed by atoms with E-state index in [1.54, 1.807) is 12.1 Å².